The third kappa shape index (κ3) is 5.49. The zero-order valence-electron chi connectivity index (χ0n) is 18.5. The molecule has 0 unspecified atom stereocenters. The van der Waals surface area contributed by atoms with Gasteiger partial charge in [0.05, 0.1) is 13.2 Å². The summed E-state index contributed by atoms with van der Waals surface area (Å²) >= 11 is 0. The average molecular weight is 433 g/mol. The lowest BCUT2D eigenvalue weighted by Gasteiger charge is -2.27. The van der Waals surface area contributed by atoms with Gasteiger partial charge in [-0.3, -0.25) is 9.69 Å². The third-order valence-corrected chi connectivity index (χ3v) is 5.45. The van der Waals surface area contributed by atoms with Crippen molar-refractivity contribution in [2.24, 2.45) is 0 Å². The maximum Gasteiger partial charge on any atom is 0.253 e. The lowest BCUT2D eigenvalue weighted by Crippen LogP contribution is -2.35. The minimum Gasteiger partial charge on any atom is -0.489 e. The molecule has 7 heteroatoms. The van der Waals surface area contributed by atoms with Crippen molar-refractivity contribution in [3.8, 4) is 16.9 Å². The molecule has 1 aliphatic rings. The van der Waals surface area contributed by atoms with Gasteiger partial charge in [-0.2, -0.15) is 0 Å². The molecule has 1 amide bonds. The van der Waals surface area contributed by atoms with Crippen molar-refractivity contribution >= 4 is 5.91 Å². The zero-order valence-corrected chi connectivity index (χ0v) is 18.5. The molecule has 32 heavy (non-hydrogen) atoms. The first-order valence-electron chi connectivity index (χ1n) is 10.7. The van der Waals surface area contributed by atoms with Crippen LogP contribution in [0.2, 0.25) is 0 Å². The van der Waals surface area contributed by atoms with E-state index in [-0.39, 0.29) is 5.91 Å². The normalized spacial score (nSPS) is 14.2. The van der Waals surface area contributed by atoms with Gasteiger partial charge in [0.15, 0.2) is 0 Å². The number of ether oxygens (including phenoxy) is 2. The molecule has 1 aliphatic heterocycles. The van der Waals surface area contributed by atoms with E-state index >= 15 is 0 Å². The molecular weight excluding hydrogens is 404 g/mol. The molecule has 0 radical (unpaired) electrons. The second-order valence-corrected chi connectivity index (χ2v) is 8.02. The molecular formula is C25H28N4O3. The van der Waals surface area contributed by atoms with Crippen LogP contribution in [0.5, 0.6) is 5.75 Å². The van der Waals surface area contributed by atoms with Crippen LogP contribution in [0.25, 0.3) is 11.1 Å². The second-order valence-electron chi connectivity index (χ2n) is 8.02. The summed E-state index contributed by atoms with van der Waals surface area (Å²) in [7, 11) is 3.50. The fourth-order valence-corrected chi connectivity index (χ4v) is 3.63. The number of carbonyl (C=O) groups excluding carboxylic acids is 1. The van der Waals surface area contributed by atoms with E-state index in [1.807, 2.05) is 48.8 Å². The van der Waals surface area contributed by atoms with Gasteiger partial charge in [-0.1, -0.05) is 18.2 Å². The molecule has 0 N–H and O–H groups in total. The summed E-state index contributed by atoms with van der Waals surface area (Å²) in [6.07, 6.45) is 5.17. The van der Waals surface area contributed by atoms with Crippen LogP contribution < -0.4 is 4.74 Å². The van der Waals surface area contributed by atoms with Crippen LogP contribution >= 0.6 is 0 Å². The molecule has 0 atom stereocenters. The summed E-state index contributed by atoms with van der Waals surface area (Å²) in [5.74, 6) is 0.844. The Morgan fingerprint density at radius 2 is 1.75 bits per heavy atom. The van der Waals surface area contributed by atoms with E-state index in [2.05, 4.69) is 20.9 Å². The van der Waals surface area contributed by atoms with Crippen LogP contribution in [-0.2, 0) is 17.9 Å². The summed E-state index contributed by atoms with van der Waals surface area (Å²) < 4.78 is 11.7. The van der Waals surface area contributed by atoms with Crippen LogP contribution in [0, 0.1) is 0 Å². The van der Waals surface area contributed by atoms with E-state index in [4.69, 9.17) is 9.47 Å². The van der Waals surface area contributed by atoms with Gasteiger partial charge in [-0.25, -0.2) is 9.97 Å². The van der Waals surface area contributed by atoms with Gasteiger partial charge in [0.2, 0.25) is 0 Å². The molecule has 7 nitrogen and oxygen atoms in total. The fourth-order valence-electron chi connectivity index (χ4n) is 3.63. The van der Waals surface area contributed by atoms with Crippen molar-refractivity contribution in [1.82, 2.24) is 19.8 Å². The number of benzene rings is 2. The lowest BCUT2D eigenvalue weighted by atomic mass is 10.0. The van der Waals surface area contributed by atoms with Crippen LogP contribution in [-0.4, -0.2) is 66.1 Å². The molecule has 3 aromatic rings. The number of rotatable bonds is 7. The van der Waals surface area contributed by atoms with E-state index in [1.54, 1.807) is 19.0 Å². The van der Waals surface area contributed by atoms with E-state index in [0.717, 1.165) is 60.9 Å². The minimum absolute atomic E-state index is 0.00857. The van der Waals surface area contributed by atoms with Gasteiger partial charge in [0, 0.05) is 62.8 Å². The van der Waals surface area contributed by atoms with E-state index in [0.29, 0.717) is 12.2 Å². The number of amides is 1. The highest BCUT2D eigenvalue weighted by atomic mass is 16.5. The summed E-state index contributed by atoms with van der Waals surface area (Å²) in [5.41, 5.74) is 4.84. The molecule has 2 heterocycles. The highest BCUT2D eigenvalue weighted by Crippen LogP contribution is 2.28. The van der Waals surface area contributed by atoms with Crippen LogP contribution in [0.3, 0.4) is 0 Å². The molecule has 1 saturated heterocycles. The Morgan fingerprint density at radius 3 is 2.44 bits per heavy atom. The van der Waals surface area contributed by atoms with Gasteiger partial charge in [0.25, 0.3) is 5.91 Å². The molecule has 0 bridgehead atoms. The quantitative estimate of drug-likeness (QED) is 0.571. The number of carbonyl (C=O) groups is 1. The summed E-state index contributed by atoms with van der Waals surface area (Å²) in [6, 6.07) is 13.8. The number of hydrogen-bond acceptors (Lipinski definition) is 6. The monoisotopic (exact) mass is 432 g/mol. The molecule has 0 aliphatic carbocycles. The van der Waals surface area contributed by atoms with Gasteiger partial charge >= 0.3 is 0 Å². The number of nitrogens with zero attached hydrogens (tertiary/aromatic N) is 4. The molecule has 2 aromatic carbocycles. The zero-order chi connectivity index (χ0) is 22.3. The highest BCUT2D eigenvalue weighted by molar-refractivity contribution is 5.93. The van der Waals surface area contributed by atoms with Gasteiger partial charge in [-0.05, 0) is 35.4 Å². The Morgan fingerprint density at radius 1 is 1.03 bits per heavy atom. The average Bonchev–Trinajstić information content (AvgIpc) is 2.84. The smallest absolute Gasteiger partial charge is 0.253 e. The molecule has 4 rings (SSSR count). The first-order valence-corrected chi connectivity index (χ1v) is 10.7. The summed E-state index contributed by atoms with van der Waals surface area (Å²) in [6.45, 7) is 4.52. The Hall–Kier alpha value is -3.29. The summed E-state index contributed by atoms with van der Waals surface area (Å²) in [5, 5.41) is 0. The lowest BCUT2D eigenvalue weighted by molar-refractivity contribution is 0.0338. The SMILES string of the molecule is CN(C)C(=O)c1ccc(COc2ccc(-c3cncnc3)cc2CN2CCOCC2)cc1. The topological polar surface area (TPSA) is 67.8 Å². The van der Waals surface area contributed by atoms with E-state index in [9.17, 15) is 4.79 Å². The van der Waals surface area contributed by atoms with Crippen molar-refractivity contribution in [2.45, 2.75) is 13.2 Å². The molecule has 166 valence electrons. The number of aromatic nitrogens is 2. The minimum atomic E-state index is -0.00857. The number of hydrogen-bond donors (Lipinski definition) is 0. The predicted molar refractivity (Wildman–Crippen MR) is 122 cm³/mol. The Bertz CT molecular complexity index is 1030. The molecule has 1 aromatic heterocycles. The van der Waals surface area contributed by atoms with Crippen molar-refractivity contribution in [1.29, 1.82) is 0 Å². The van der Waals surface area contributed by atoms with Crippen LogP contribution in [0.1, 0.15) is 21.5 Å². The maximum atomic E-state index is 12.1. The second kappa shape index (κ2) is 10.3. The Balaban J connectivity index is 1.52. The Labute approximate surface area is 188 Å². The first kappa shape index (κ1) is 21.9. The maximum absolute atomic E-state index is 12.1. The Kier molecular flexibility index (Phi) is 7.09. The largest absolute Gasteiger partial charge is 0.489 e. The standard InChI is InChI=1S/C25H28N4O3/c1-28(2)25(30)20-5-3-19(4-6-20)17-32-24-8-7-21(23-14-26-18-27-15-23)13-22(24)16-29-9-11-31-12-10-29/h3-8,13-15,18H,9-12,16-17H2,1-2H3. The van der Waals surface area contributed by atoms with Gasteiger partial charge in [0.1, 0.15) is 18.7 Å². The highest BCUT2D eigenvalue weighted by Gasteiger charge is 2.15. The van der Waals surface area contributed by atoms with Crippen molar-refractivity contribution in [2.75, 3.05) is 40.4 Å². The van der Waals surface area contributed by atoms with E-state index in [1.165, 1.54) is 6.33 Å². The number of morpholine rings is 1. The predicted octanol–water partition coefficient (Wildman–Crippen LogP) is 3.26. The van der Waals surface area contributed by atoms with E-state index < -0.39 is 0 Å². The van der Waals surface area contributed by atoms with Gasteiger partial charge < -0.3 is 14.4 Å². The van der Waals surface area contributed by atoms with Crippen molar-refractivity contribution in [3.05, 3.63) is 77.9 Å². The molecule has 0 spiro atoms. The fraction of sp³-hybridized carbons (Fsp3) is 0.320. The molecule has 1 fully saturated rings. The van der Waals surface area contributed by atoms with Gasteiger partial charge in [-0.15, -0.1) is 0 Å². The molecule has 0 saturated carbocycles. The summed E-state index contributed by atoms with van der Waals surface area (Å²) in [4.78, 5) is 24.3. The van der Waals surface area contributed by atoms with Crippen molar-refractivity contribution in [3.63, 3.8) is 0 Å². The first-order chi connectivity index (χ1) is 15.6. The van der Waals surface area contributed by atoms with Crippen molar-refractivity contribution < 1.29 is 14.3 Å². The third-order valence-electron chi connectivity index (χ3n) is 5.45. The van der Waals surface area contributed by atoms with Crippen LogP contribution in [0.4, 0.5) is 0 Å². The van der Waals surface area contributed by atoms with Crippen LogP contribution in [0.15, 0.2) is 61.2 Å².